The number of aromatic carboxylic acids is 1. The molecule has 5 N–H and O–H groups in total. The molecule has 0 aliphatic carbocycles. The molecule has 8 rings (SSSR count). The van der Waals surface area contributed by atoms with Crippen molar-refractivity contribution in [3.8, 4) is 44.8 Å². The molecule has 0 saturated heterocycles. The highest BCUT2D eigenvalue weighted by Crippen LogP contribution is 2.37. The van der Waals surface area contributed by atoms with Gasteiger partial charge in [0.15, 0.2) is 0 Å². The Labute approximate surface area is 323 Å². The normalized spacial score (nSPS) is 10.9. The number of aromatic nitrogens is 6. The Bertz CT molecular complexity index is 2850. The van der Waals surface area contributed by atoms with Crippen molar-refractivity contribution in [1.29, 1.82) is 0 Å². The standard InChI is InChI=1S/C22H17FN4O2.C21H15FN4O2/c1-12-16-9-14(5-8-19(16)26-11-25-12)17-10-18(22(28)29-2)21(24)27-20(17)13-3-6-15(23)7-4-13;1-11-15-8-13(4-7-18(15)25-10-24-11)16-9-17(21(27)28)20(23)26-19(16)12-2-5-14(22)6-3-12/h3-11H,1-2H3,(H2,24,27);2-10H,1H3,(H2,23,26)(H,27,28). The summed E-state index contributed by atoms with van der Waals surface area (Å²) < 4.78 is 31.6. The van der Waals surface area contributed by atoms with Crippen LogP contribution >= 0.6 is 0 Å². The van der Waals surface area contributed by atoms with Crippen LogP contribution in [0.15, 0.2) is 110 Å². The average molecular weight is 763 g/mol. The molecule has 0 atom stereocenters. The number of carbonyl (C=O) groups excluding carboxylic acids is 1. The van der Waals surface area contributed by atoms with Crippen LogP contribution in [0.1, 0.15) is 32.1 Å². The van der Waals surface area contributed by atoms with E-state index in [4.69, 9.17) is 16.2 Å². The molecule has 0 aliphatic heterocycles. The lowest BCUT2D eigenvalue weighted by atomic mass is 9.96. The molecule has 0 spiro atoms. The molecule has 8 aromatic rings. The molecule has 282 valence electrons. The minimum atomic E-state index is -1.17. The van der Waals surface area contributed by atoms with Crippen LogP contribution in [0.2, 0.25) is 0 Å². The zero-order valence-electron chi connectivity index (χ0n) is 30.7. The van der Waals surface area contributed by atoms with Crippen LogP contribution in [0.4, 0.5) is 20.4 Å². The summed E-state index contributed by atoms with van der Waals surface area (Å²) in [5.74, 6) is -2.54. The van der Waals surface area contributed by atoms with Gasteiger partial charge in [-0.15, -0.1) is 0 Å². The number of hydrogen-bond donors (Lipinski definition) is 3. The van der Waals surface area contributed by atoms with Crippen molar-refractivity contribution >= 4 is 45.4 Å². The Balaban J connectivity index is 0.000000174. The van der Waals surface area contributed by atoms with E-state index in [-0.39, 0.29) is 34.4 Å². The molecule has 4 aromatic heterocycles. The van der Waals surface area contributed by atoms with E-state index in [0.29, 0.717) is 33.6 Å². The van der Waals surface area contributed by atoms with E-state index in [1.54, 1.807) is 30.3 Å². The third kappa shape index (κ3) is 7.64. The molecular weight excluding hydrogens is 731 g/mol. The number of esters is 1. The number of carboxylic acid groups (broad SMARTS) is 1. The van der Waals surface area contributed by atoms with Gasteiger partial charge in [0.2, 0.25) is 0 Å². The highest BCUT2D eigenvalue weighted by atomic mass is 19.1. The summed E-state index contributed by atoms with van der Waals surface area (Å²) in [6, 6.07) is 26.1. The Morgan fingerprint density at radius 2 is 0.982 bits per heavy atom. The van der Waals surface area contributed by atoms with Crippen LogP contribution in [0, 0.1) is 25.5 Å². The Morgan fingerprint density at radius 1 is 0.579 bits per heavy atom. The molecule has 0 aliphatic rings. The molecule has 0 fully saturated rings. The summed E-state index contributed by atoms with van der Waals surface area (Å²) in [5.41, 5.74) is 20.2. The second kappa shape index (κ2) is 15.5. The van der Waals surface area contributed by atoms with Crippen molar-refractivity contribution in [1.82, 2.24) is 29.9 Å². The zero-order chi connectivity index (χ0) is 40.4. The first-order chi connectivity index (χ1) is 27.4. The maximum Gasteiger partial charge on any atom is 0.341 e. The van der Waals surface area contributed by atoms with Gasteiger partial charge in [-0.3, -0.25) is 0 Å². The van der Waals surface area contributed by atoms with Gasteiger partial charge < -0.3 is 21.3 Å². The number of nitrogens with zero attached hydrogens (tertiary/aromatic N) is 6. The van der Waals surface area contributed by atoms with Crippen molar-refractivity contribution in [3.63, 3.8) is 0 Å². The SMILES string of the molecule is COC(=O)c1cc(-c2ccc3ncnc(C)c3c2)c(-c2ccc(F)cc2)nc1N.Cc1ncnc2ccc(-c3cc(C(=O)O)c(N)nc3-c3ccc(F)cc3)cc12. The van der Waals surface area contributed by atoms with E-state index < -0.39 is 11.9 Å². The number of aryl methyl sites for hydroxylation is 2. The van der Waals surface area contributed by atoms with Gasteiger partial charge in [-0.25, -0.2) is 48.3 Å². The van der Waals surface area contributed by atoms with E-state index in [1.807, 2.05) is 50.2 Å². The fraction of sp³-hybridized carbons (Fsp3) is 0.0698. The lowest BCUT2D eigenvalue weighted by molar-refractivity contribution is 0.0600. The van der Waals surface area contributed by atoms with Crippen molar-refractivity contribution in [3.05, 3.63) is 144 Å². The molecule has 0 radical (unpaired) electrons. The molecule has 12 nitrogen and oxygen atoms in total. The Kier molecular flexibility index (Phi) is 10.2. The van der Waals surface area contributed by atoms with Gasteiger partial charge in [-0.05, 0) is 110 Å². The monoisotopic (exact) mass is 762 g/mol. The summed E-state index contributed by atoms with van der Waals surface area (Å²) in [6.07, 6.45) is 3.01. The third-order valence-corrected chi connectivity index (χ3v) is 9.27. The number of pyridine rings is 2. The molecule has 0 bridgehead atoms. The molecule has 14 heteroatoms. The number of rotatable bonds is 6. The van der Waals surface area contributed by atoms with Crippen LogP contribution in [0.25, 0.3) is 66.6 Å². The smallest absolute Gasteiger partial charge is 0.341 e. The van der Waals surface area contributed by atoms with Crippen molar-refractivity contribution in [2.24, 2.45) is 0 Å². The highest BCUT2D eigenvalue weighted by molar-refractivity contribution is 5.99. The lowest BCUT2D eigenvalue weighted by Crippen LogP contribution is -2.09. The quantitative estimate of drug-likeness (QED) is 0.138. The van der Waals surface area contributed by atoms with Crippen LogP contribution in [-0.2, 0) is 4.74 Å². The van der Waals surface area contributed by atoms with Gasteiger partial charge in [0.05, 0.1) is 29.5 Å². The summed E-state index contributed by atoms with van der Waals surface area (Å²) >= 11 is 0. The first kappa shape index (κ1) is 37.6. The molecule has 57 heavy (non-hydrogen) atoms. The number of fused-ring (bicyclic) bond motifs is 2. The second-order valence-corrected chi connectivity index (χ2v) is 12.8. The van der Waals surface area contributed by atoms with Gasteiger partial charge in [0.25, 0.3) is 0 Å². The van der Waals surface area contributed by atoms with Crippen LogP contribution < -0.4 is 11.5 Å². The largest absolute Gasteiger partial charge is 0.478 e. The number of ether oxygens (including phenoxy) is 1. The molecule has 0 saturated carbocycles. The number of hydrogen-bond acceptors (Lipinski definition) is 11. The van der Waals surface area contributed by atoms with Crippen molar-refractivity contribution in [2.75, 3.05) is 18.6 Å². The fourth-order valence-corrected chi connectivity index (χ4v) is 6.30. The van der Waals surface area contributed by atoms with Crippen LogP contribution in [0.3, 0.4) is 0 Å². The molecule has 4 aromatic carbocycles. The Hall–Kier alpha value is -7.74. The number of nitrogens with two attached hydrogens (primary N) is 2. The van der Waals surface area contributed by atoms with Gasteiger partial charge in [-0.2, -0.15) is 0 Å². The maximum atomic E-state index is 13.4. The minimum Gasteiger partial charge on any atom is -0.478 e. The van der Waals surface area contributed by atoms with Gasteiger partial charge in [0, 0.05) is 44.4 Å². The van der Waals surface area contributed by atoms with E-state index in [0.717, 1.165) is 44.3 Å². The number of benzene rings is 4. The number of carboxylic acids is 1. The number of nitrogen functional groups attached to an aromatic ring is 2. The molecule has 0 unspecified atom stereocenters. The number of methoxy groups -OCH3 is 1. The highest BCUT2D eigenvalue weighted by Gasteiger charge is 2.20. The van der Waals surface area contributed by atoms with E-state index in [2.05, 4.69) is 29.9 Å². The predicted octanol–water partition coefficient (Wildman–Crippen LogP) is 8.26. The molecular formula is C43H32F2N8O4. The zero-order valence-corrected chi connectivity index (χ0v) is 30.7. The molecule has 0 amide bonds. The Morgan fingerprint density at radius 3 is 1.40 bits per heavy atom. The summed E-state index contributed by atoms with van der Waals surface area (Å²) in [5, 5.41) is 11.2. The topological polar surface area (TPSA) is 193 Å². The van der Waals surface area contributed by atoms with Gasteiger partial charge >= 0.3 is 11.9 Å². The van der Waals surface area contributed by atoms with Crippen LogP contribution in [0.5, 0.6) is 0 Å². The number of halogens is 2. The first-order valence-corrected chi connectivity index (χ1v) is 17.3. The third-order valence-electron chi connectivity index (χ3n) is 9.27. The fourth-order valence-electron chi connectivity index (χ4n) is 6.30. The second-order valence-electron chi connectivity index (χ2n) is 12.8. The number of carbonyl (C=O) groups is 2. The van der Waals surface area contributed by atoms with E-state index in [9.17, 15) is 23.5 Å². The predicted molar refractivity (Wildman–Crippen MR) is 213 cm³/mol. The van der Waals surface area contributed by atoms with Crippen molar-refractivity contribution < 1.29 is 28.2 Å². The average Bonchev–Trinajstić information content (AvgIpc) is 3.21. The van der Waals surface area contributed by atoms with E-state index in [1.165, 1.54) is 50.1 Å². The first-order valence-electron chi connectivity index (χ1n) is 17.3. The number of anilines is 2. The van der Waals surface area contributed by atoms with E-state index >= 15 is 0 Å². The summed E-state index contributed by atoms with van der Waals surface area (Å²) in [4.78, 5) is 49.5. The van der Waals surface area contributed by atoms with Gasteiger partial charge in [-0.1, -0.05) is 12.1 Å². The minimum absolute atomic E-state index is 0.0419. The maximum absolute atomic E-state index is 13.4. The van der Waals surface area contributed by atoms with Crippen molar-refractivity contribution in [2.45, 2.75) is 13.8 Å². The van der Waals surface area contributed by atoms with Gasteiger partial charge in [0.1, 0.15) is 47.1 Å². The lowest BCUT2D eigenvalue weighted by Gasteiger charge is -2.14. The summed E-state index contributed by atoms with van der Waals surface area (Å²) in [7, 11) is 1.28. The van der Waals surface area contributed by atoms with Crippen LogP contribution in [-0.4, -0.2) is 54.1 Å². The molecule has 4 heterocycles. The summed E-state index contributed by atoms with van der Waals surface area (Å²) in [6.45, 7) is 3.77.